The van der Waals surface area contributed by atoms with Gasteiger partial charge in [-0.25, -0.2) is 8.42 Å². The van der Waals surface area contributed by atoms with Crippen molar-refractivity contribution >= 4 is 10.0 Å². The second-order valence-corrected chi connectivity index (χ2v) is 8.28. The lowest BCUT2D eigenvalue weighted by atomic mass is 10.1. The van der Waals surface area contributed by atoms with Gasteiger partial charge in [0.15, 0.2) is 0 Å². The van der Waals surface area contributed by atoms with E-state index in [1.54, 1.807) is 26.2 Å². The smallest absolute Gasteiger partial charge is 0.243 e. The summed E-state index contributed by atoms with van der Waals surface area (Å²) in [5, 5.41) is 8.98. The highest BCUT2D eigenvalue weighted by Gasteiger charge is 2.39. The van der Waals surface area contributed by atoms with Gasteiger partial charge in [-0.05, 0) is 44.5 Å². The van der Waals surface area contributed by atoms with Crippen LogP contribution in [0, 0.1) is 18.3 Å². The molecule has 1 aromatic carbocycles. The van der Waals surface area contributed by atoms with E-state index in [9.17, 15) is 8.42 Å². The van der Waals surface area contributed by atoms with Crippen LogP contribution in [0.1, 0.15) is 25.0 Å². The minimum absolute atomic E-state index is 0.197. The van der Waals surface area contributed by atoms with Crippen molar-refractivity contribution in [3.8, 4) is 6.07 Å². The normalized spacial score (nSPS) is 21.8. The SMILES string of the molecule is COCC1CN(S(=O)(=O)c2ccc(C#N)c(C)c2)CC(C)(C)O1. The Kier molecular flexibility index (Phi) is 5.11. The Labute approximate surface area is 137 Å². The van der Waals surface area contributed by atoms with Crippen molar-refractivity contribution in [3.05, 3.63) is 29.3 Å². The van der Waals surface area contributed by atoms with Gasteiger partial charge in [-0.1, -0.05) is 0 Å². The maximum atomic E-state index is 12.9. The van der Waals surface area contributed by atoms with Gasteiger partial charge in [-0.15, -0.1) is 0 Å². The van der Waals surface area contributed by atoms with E-state index in [1.165, 1.54) is 10.4 Å². The average Bonchev–Trinajstić information content (AvgIpc) is 2.45. The zero-order chi connectivity index (χ0) is 17.3. The van der Waals surface area contributed by atoms with Gasteiger partial charge >= 0.3 is 0 Å². The van der Waals surface area contributed by atoms with Crippen molar-refractivity contribution in [1.29, 1.82) is 5.26 Å². The molecule has 1 fully saturated rings. The molecule has 0 N–H and O–H groups in total. The van der Waals surface area contributed by atoms with Crippen molar-refractivity contribution in [2.75, 3.05) is 26.8 Å². The number of hydrogen-bond donors (Lipinski definition) is 0. The van der Waals surface area contributed by atoms with E-state index in [-0.39, 0.29) is 24.1 Å². The van der Waals surface area contributed by atoms with Crippen LogP contribution >= 0.6 is 0 Å². The molecule has 7 heteroatoms. The summed E-state index contributed by atoms with van der Waals surface area (Å²) < 4.78 is 38.2. The van der Waals surface area contributed by atoms with Gasteiger partial charge in [-0.2, -0.15) is 9.57 Å². The predicted molar refractivity (Wildman–Crippen MR) is 85.5 cm³/mol. The van der Waals surface area contributed by atoms with Crippen LogP contribution in [0.2, 0.25) is 0 Å². The van der Waals surface area contributed by atoms with E-state index in [0.717, 1.165) is 0 Å². The van der Waals surface area contributed by atoms with Crippen molar-refractivity contribution in [2.45, 2.75) is 37.4 Å². The molecule has 0 aliphatic carbocycles. The van der Waals surface area contributed by atoms with Crippen molar-refractivity contribution < 1.29 is 17.9 Å². The quantitative estimate of drug-likeness (QED) is 0.834. The average molecular weight is 338 g/mol. The van der Waals surface area contributed by atoms with Gasteiger partial charge in [0, 0.05) is 20.2 Å². The predicted octanol–water partition coefficient (Wildman–Crippen LogP) is 1.68. The number of methoxy groups -OCH3 is 1. The van der Waals surface area contributed by atoms with Gasteiger partial charge in [0.05, 0.1) is 34.8 Å². The van der Waals surface area contributed by atoms with Crippen molar-refractivity contribution in [1.82, 2.24) is 4.31 Å². The van der Waals surface area contributed by atoms with Crippen molar-refractivity contribution in [2.24, 2.45) is 0 Å². The Morgan fingerprint density at radius 2 is 2.17 bits per heavy atom. The van der Waals surface area contributed by atoms with E-state index < -0.39 is 15.6 Å². The number of ether oxygens (including phenoxy) is 2. The number of aryl methyl sites for hydroxylation is 1. The fraction of sp³-hybridized carbons (Fsp3) is 0.562. The van der Waals surface area contributed by atoms with Crippen LogP contribution < -0.4 is 0 Å². The third kappa shape index (κ3) is 3.90. The van der Waals surface area contributed by atoms with Gasteiger partial charge in [0.2, 0.25) is 10.0 Å². The number of nitrogens with zero attached hydrogens (tertiary/aromatic N) is 2. The molecule has 23 heavy (non-hydrogen) atoms. The van der Waals surface area contributed by atoms with Crippen LogP contribution in [0.15, 0.2) is 23.1 Å². The Balaban J connectivity index is 2.34. The summed E-state index contributed by atoms with van der Waals surface area (Å²) in [6, 6.07) is 6.61. The first-order chi connectivity index (χ1) is 10.7. The third-order valence-corrected chi connectivity index (χ3v) is 5.57. The molecule has 2 rings (SSSR count). The molecule has 0 aromatic heterocycles. The second-order valence-electron chi connectivity index (χ2n) is 6.34. The molecule has 6 nitrogen and oxygen atoms in total. The van der Waals surface area contributed by atoms with Gasteiger partial charge in [0.1, 0.15) is 0 Å². The zero-order valence-electron chi connectivity index (χ0n) is 13.9. The molecule has 0 radical (unpaired) electrons. The van der Waals surface area contributed by atoms with Crippen LogP contribution in [0.3, 0.4) is 0 Å². The van der Waals surface area contributed by atoms with E-state index in [4.69, 9.17) is 14.7 Å². The molecule has 0 saturated carbocycles. The molecule has 1 heterocycles. The number of sulfonamides is 1. The first kappa shape index (κ1) is 17.9. The molecule has 1 atom stereocenters. The highest BCUT2D eigenvalue weighted by molar-refractivity contribution is 7.89. The summed E-state index contributed by atoms with van der Waals surface area (Å²) in [4.78, 5) is 0.197. The van der Waals surface area contributed by atoms with Crippen LogP contribution in [0.5, 0.6) is 0 Å². The highest BCUT2D eigenvalue weighted by Crippen LogP contribution is 2.27. The van der Waals surface area contributed by atoms with Crippen LogP contribution in [-0.4, -0.2) is 51.2 Å². The molecular weight excluding hydrogens is 316 g/mol. The third-order valence-electron chi connectivity index (χ3n) is 3.76. The van der Waals surface area contributed by atoms with Gasteiger partial charge in [-0.3, -0.25) is 0 Å². The van der Waals surface area contributed by atoms with Crippen LogP contribution in [0.4, 0.5) is 0 Å². The maximum Gasteiger partial charge on any atom is 0.243 e. The lowest BCUT2D eigenvalue weighted by Crippen LogP contribution is -2.55. The lowest BCUT2D eigenvalue weighted by molar-refractivity contribution is -0.135. The zero-order valence-corrected chi connectivity index (χ0v) is 14.7. The Morgan fingerprint density at radius 1 is 1.48 bits per heavy atom. The van der Waals surface area contributed by atoms with Gasteiger partial charge < -0.3 is 9.47 Å². The first-order valence-corrected chi connectivity index (χ1v) is 8.81. The summed E-state index contributed by atoms with van der Waals surface area (Å²) >= 11 is 0. The fourth-order valence-corrected chi connectivity index (χ4v) is 4.48. The Bertz CT molecular complexity index is 722. The summed E-state index contributed by atoms with van der Waals surface area (Å²) in [6.45, 7) is 6.31. The molecule has 126 valence electrons. The molecular formula is C16H22N2O4S. The highest BCUT2D eigenvalue weighted by atomic mass is 32.2. The summed E-state index contributed by atoms with van der Waals surface area (Å²) in [7, 11) is -2.08. The number of nitriles is 1. The molecule has 1 saturated heterocycles. The minimum atomic E-state index is -3.64. The molecule has 0 spiro atoms. The largest absolute Gasteiger partial charge is 0.382 e. The number of hydrogen-bond acceptors (Lipinski definition) is 5. The monoisotopic (exact) mass is 338 g/mol. The van der Waals surface area contributed by atoms with Crippen LogP contribution in [-0.2, 0) is 19.5 Å². The maximum absolute atomic E-state index is 12.9. The lowest BCUT2D eigenvalue weighted by Gasteiger charge is -2.41. The van der Waals surface area contributed by atoms with Crippen LogP contribution in [0.25, 0.3) is 0 Å². The van der Waals surface area contributed by atoms with Crippen molar-refractivity contribution in [3.63, 3.8) is 0 Å². The molecule has 0 amide bonds. The summed E-state index contributed by atoms with van der Waals surface area (Å²) in [6.07, 6.45) is -0.307. The van der Waals surface area contributed by atoms with E-state index in [1.807, 2.05) is 19.9 Å². The van der Waals surface area contributed by atoms with Gasteiger partial charge in [0.25, 0.3) is 0 Å². The summed E-state index contributed by atoms with van der Waals surface area (Å²) in [5.74, 6) is 0. The Hall–Kier alpha value is -1.46. The topological polar surface area (TPSA) is 79.6 Å². The molecule has 1 aliphatic heterocycles. The molecule has 0 bridgehead atoms. The fourth-order valence-electron chi connectivity index (χ4n) is 2.77. The number of rotatable bonds is 4. The van der Waals surface area contributed by atoms with E-state index in [2.05, 4.69) is 0 Å². The molecule has 1 aromatic rings. The first-order valence-electron chi connectivity index (χ1n) is 7.37. The standard InChI is InChI=1S/C16H22N2O4S/c1-12-7-15(6-5-13(12)8-17)23(19,20)18-9-14(10-21-4)22-16(2,3)11-18/h5-7,14H,9-11H2,1-4H3. The minimum Gasteiger partial charge on any atom is -0.382 e. The Morgan fingerprint density at radius 3 is 2.74 bits per heavy atom. The summed E-state index contributed by atoms with van der Waals surface area (Å²) in [5.41, 5.74) is 0.536. The van der Waals surface area contributed by atoms with E-state index >= 15 is 0 Å². The van der Waals surface area contributed by atoms with E-state index in [0.29, 0.717) is 17.7 Å². The number of benzene rings is 1. The molecule has 1 aliphatic rings. The second kappa shape index (κ2) is 6.57. The number of morpholine rings is 1. The molecule has 1 unspecified atom stereocenters.